The van der Waals surface area contributed by atoms with Gasteiger partial charge in [-0.3, -0.25) is 9.59 Å². The average molecular weight is 304 g/mol. The molecule has 22 heavy (non-hydrogen) atoms. The molecule has 0 spiro atoms. The first-order valence-corrected chi connectivity index (χ1v) is 7.97. The maximum Gasteiger partial charge on any atom is 0.309 e. The molecule has 5 nitrogen and oxygen atoms in total. The SMILES string of the molecule is O=C(NCCCCc1ccccc1)C(=O)NCC1CCCO1. The van der Waals surface area contributed by atoms with Gasteiger partial charge in [0.05, 0.1) is 6.10 Å². The Balaban J connectivity index is 1.52. The van der Waals surface area contributed by atoms with Crippen molar-refractivity contribution in [1.82, 2.24) is 10.6 Å². The second kappa shape index (κ2) is 9.20. The van der Waals surface area contributed by atoms with Crippen molar-refractivity contribution in [3.63, 3.8) is 0 Å². The van der Waals surface area contributed by atoms with E-state index in [1.807, 2.05) is 18.2 Å². The number of hydrogen-bond acceptors (Lipinski definition) is 3. The predicted molar refractivity (Wildman–Crippen MR) is 84.4 cm³/mol. The van der Waals surface area contributed by atoms with E-state index >= 15 is 0 Å². The number of amides is 2. The molecule has 5 heteroatoms. The first-order valence-electron chi connectivity index (χ1n) is 7.97. The largest absolute Gasteiger partial charge is 0.376 e. The Morgan fingerprint density at radius 3 is 2.59 bits per heavy atom. The maximum absolute atomic E-state index is 11.6. The van der Waals surface area contributed by atoms with Gasteiger partial charge in [-0.05, 0) is 37.7 Å². The highest BCUT2D eigenvalue weighted by molar-refractivity contribution is 6.35. The van der Waals surface area contributed by atoms with Gasteiger partial charge in [-0.1, -0.05) is 30.3 Å². The van der Waals surface area contributed by atoms with Gasteiger partial charge in [-0.25, -0.2) is 0 Å². The van der Waals surface area contributed by atoms with Crippen LogP contribution < -0.4 is 10.6 Å². The van der Waals surface area contributed by atoms with Gasteiger partial charge in [0, 0.05) is 19.7 Å². The number of aryl methyl sites for hydroxylation is 1. The van der Waals surface area contributed by atoms with Crippen LogP contribution >= 0.6 is 0 Å². The Bertz CT molecular complexity index is 470. The van der Waals surface area contributed by atoms with E-state index in [4.69, 9.17) is 4.74 Å². The van der Waals surface area contributed by atoms with Crippen LogP contribution in [0.5, 0.6) is 0 Å². The van der Waals surface area contributed by atoms with Crippen molar-refractivity contribution in [2.24, 2.45) is 0 Å². The number of carbonyl (C=O) groups excluding carboxylic acids is 2. The fraction of sp³-hybridized carbons (Fsp3) is 0.529. The lowest BCUT2D eigenvalue weighted by Gasteiger charge is -2.10. The topological polar surface area (TPSA) is 67.4 Å². The lowest BCUT2D eigenvalue weighted by Crippen LogP contribution is -2.42. The lowest BCUT2D eigenvalue weighted by molar-refractivity contribution is -0.139. The van der Waals surface area contributed by atoms with Crippen LogP contribution in [-0.2, 0) is 20.7 Å². The van der Waals surface area contributed by atoms with Crippen LogP contribution in [0.15, 0.2) is 30.3 Å². The minimum Gasteiger partial charge on any atom is -0.376 e. The second-order valence-corrected chi connectivity index (χ2v) is 5.54. The van der Waals surface area contributed by atoms with E-state index in [1.165, 1.54) is 5.56 Å². The number of benzene rings is 1. The summed E-state index contributed by atoms with van der Waals surface area (Å²) in [5, 5.41) is 5.27. The Kier molecular flexibility index (Phi) is 6.90. The Morgan fingerprint density at radius 2 is 1.86 bits per heavy atom. The lowest BCUT2D eigenvalue weighted by atomic mass is 10.1. The summed E-state index contributed by atoms with van der Waals surface area (Å²) in [4.78, 5) is 23.2. The molecular formula is C17H24N2O3. The first-order chi connectivity index (χ1) is 10.8. The molecule has 2 rings (SSSR count). The number of unbranched alkanes of at least 4 members (excludes halogenated alkanes) is 1. The van der Waals surface area contributed by atoms with E-state index in [1.54, 1.807) is 0 Å². The standard InChI is InChI=1S/C17H24N2O3/c20-16(17(21)19-13-15-10-6-12-22-15)18-11-5-4-9-14-7-2-1-3-8-14/h1-3,7-8,15H,4-6,9-13H2,(H,18,20)(H,19,21). The van der Waals surface area contributed by atoms with Gasteiger partial charge in [0.15, 0.2) is 0 Å². The quantitative estimate of drug-likeness (QED) is 0.591. The van der Waals surface area contributed by atoms with Gasteiger partial charge < -0.3 is 15.4 Å². The molecule has 1 aliphatic rings. The first kappa shape index (κ1) is 16.5. The van der Waals surface area contributed by atoms with Crippen molar-refractivity contribution in [2.75, 3.05) is 19.7 Å². The smallest absolute Gasteiger partial charge is 0.309 e. The maximum atomic E-state index is 11.6. The van der Waals surface area contributed by atoms with Gasteiger partial charge in [-0.2, -0.15) is 0 Å². The van der Waals surface area contributed by atoms with Gasteiger partial charge in [0.2, 0.25) is 0 Å². The average Bonchev–Trinajstić information content (AvgIpc) is 3.06. The third kappa shape index (κ3) is 5.85. The number of rotatable bonds is 7. The summed E-state index contributed by atoms with van der Waals surface area (Å²) in [5.41, 5.74) is 1.29. The molecule has 0 aromatic heterocycles. The third-order valence-electron chi connectivity index (χ3n) is 3.74. The number of ether oxygens (including phenoxy) is 1. The van der Waals surface area contributed by atoms with E-state index in [-0.39, 0.29) is 6.10 Å². The second-order valence-electron chi connectivity index (χ2n) is 5.54. The number of hydrogen-bond donors (Lipinski definition) is 2. The van der Waals surface area contributed by atoms with Gasteiger partial charge >= 0.3 is 11.8 Å². The highest BCUT2D eigenvalue weighted by Crippen LogP contribution is 2.10. The molecule has 0 radical (unpaired) electrons. The van der Waals surface area contributed by atoms with Crippen LogP contribution in [0.1, 0.15) is 31.2 Å². The molecule has 2 N–H and O–H groups in total. The molecule has 0 saturated carbocycles. The van der Waals surface area contributed by atoms with Crippen molar-refractivity contribution in [2.45, 2.75) is 38.2 Å². The van der Waals surface area contributed by atoms with Gasteiger partial charge in [0.25, 0.3) is 0 Å². The molecule has 0 bridgehead atoms. The molecule has 0 aliphatic carbocycles. The summed E-state index contributed by atoms with van der Waals surface area (Å²) in [5.74, 6) is -1.13. The Morgan fingerprint density at radius 1 is 1.09 bits per heavy atom. The zero-order valence-corrected chi connectivity index (χ0v) is 12.8. The molecule has 1 aromatic rings. The predicted octanol–water partition coefficient (Wildman–Crippen LogP) is 1.42. The van der Waals surface area contributed by atoms with Crippen molar-refractivity contribution in [1.29, 1.82) is 0 Å². The monoisotopic (exact) mass is 304 g/mol. The van der Waals surface area contributed by atoms with Gasteiger partial charge in [-0.15, -0.1) is 0 Å². The van der Waals surface area contributed by atoms with E-state index in [2.05, 4.69) is 22.8 Å². The molecule has 1 unspecified atom stereocenters. The zero-order valence-electron chi connectivity index (χ0n) is 12.8. The normalized spacial score (nSPS) is 17.2. The van der Waals surface area contributed by atoms with Crippen LogP contribution in [0.25, 0.3) is 0 Å². The van der Waals surface area contributed by atoms with E-state index in [0.717, 1.165) is 38.7 Å². The Labute approximate surface area is 131 Å². The van der Waals surface area contributed by atoms with Crippen LogP contribution in [-0.4, -0.2) is 37.6 Å². The van der Waals surface area contributed by atoms with Crippen molar-refractivity contribution in [3.8, 4) is 0 Å². The van der Waals surface area contributed by atoms with Crippen LogP contribution in [0, 0.1) is 0 Å². The summed E-state index contributed by atoms with van der Waals surface area (Å²) >= 11 is 0. The van der Waals surface area contributed by atoms with Crippen molar-refractivity contribution in [3.05, 3.63) is 35.9 Å². The molecule has 1 saturated heterocycles. The summed E-state index contributed by atoms with van der Waals surface area (Å²) in [6.45, 7) is 1.69. The third-order valence-corrected chi connectivity index (χ3v) is 3.74. The number of nitrogens with one attached hydrogen (secondary N) is 2. The molecule has 1 heterocycles. The fourth-order valence-corrected chi connectivity index (χ4v) is 2.47. The Hall–Kier alpha value is -1.88. The van der Waals surface area contributed by atoms with Crippen LogP contribution in [0.2, 0.25) is 0 Å². The van der Waals surface area contributed by atoms with Gasteiger partial charge in [0.1, 0.15) is 0 Å². The molecule has 1 atom stereocenters. The zero-order chi connectivity index (χ0) is 15.6. The summed E-state index contributed by atoms with van der Waals surface area (Å²) in [6, 6.07) is 10.2. The summed E-state index contributed by atoms with van der Waals surface area (Å²) in [6.07, 6.45) is 4.86. The molecule has 1 aromatic carbocycles. The number of carbonyl (C=O) groups is 2. The molecular weight excluding hydrogens is 280 g/mol. The molecule has 2 amide bonds. The molecule has 1 aliphatic heterocycles. The minimum atomic E-state index is -0.571. The van der Waals surface area contributed by atoms with E-state index in [9.17, 15) is 9.59 Å². The van der Waals surface area contributed by atoms with Crippen LogP contribution in [0.4, 0.5) is 0 Å². The van der Waals surface area contributed by atoms with Crippen molar-refractivity contribution >= 4 is 11.8 Å². The highest BCUT2D eigenvalue weighted by Gasteiger charge is 2.18. The summed E-state index contributed by atoms with van der Waals surface area (Å²) < 4.78 is 5.39. The van der Waals surface area contributed by atoms with E-state index in [0.29, 0.717) is 13.1 Å². The molecule has 1 fully saturated rings. The minimum absolute atomic E-state index is 0.0580. The van der Waals surface area contributed by atoms with Crippen molar-refractivity contribution < 1.29 is 14.3 Å². The summed E-state index contributed by atoms with van der Waals surface area (Å²) in [7, 11) is 0. The fourth-order valence-electron chi connectivity index (χ4n) is 2.47. The molecule has 120 valence electrons. The van der Waals surface area contributed by atoms with Crippen LogP contribution in [0.3, 0.4) is 0 Å². The van der Waals surface area contributed by atoms with E-state index < -0.39 is 11.8 Å². The highest BCUT2D eigenvalue weighted by atomic mass is 16.5.